The van der Waals surface area contributed by atoms with Crippen LogP contribution in [0.25, 0.3) is 21.6 Å². The third kappa shape index (κ3) is 4.06. The molecule has 3 aromatic heterocycles. The lowest BCUT2D eigenvalue weighted by atomic mass is 10.1. The molecular weight excluding hydrogens is 452 g/mol. The summed E-state index contributed by atoms with van der Waals surface area (Å²) >= 11 is 1.30. The van der Waals surface area contributed by atoms with Crippen molar-refractivity contribution in [3.05, 3.63) is 97.8 Å². The topological polar surface area (TPSA) is 92.1 Å². The molecule has 0 saturated carbocycles. The molecule has 0 atom stereocenters. The van der Waals surface area contributed by atoms with E-state index >= 15 is 0 Å². The largest absolute Gasteiger partial charge is 0.497 e. The van der Waals surface area contributed by atoms with Crippen molar-refractivity contribution in [2.24, 2.45) is 0 Å². The van der Waals surface area contributed by atoms with Crippen LogP contribution in [0.15, 0.2) is 74.1 Å². The molecule has 172 valence electrons. The summed E-state index contributed by atoms with van der Waals surface area (Å²) in [6, 6.07) is 17.0. The molecule has 0 bridgehead atoms. The monoisotopic (exact) mass is 474 g/mol. The van der Waals surface area contributed by atoms with Crippen molar-refractivity contribution in [3.63, 3.8) is 0 Å². The number of benzene rings is 2. The summed E-state index contributed by atoms with van der Waals surface area (Å²) in [7, 11) is 1.59. The number of aryl methyl sites for hydroxylation is 1. The molecule has 5 aromatic rings. The van der Waals surface area contributed by atoms with Gasteiger partial charge < -0.3 is 9.26 Å². The van der Waals surface area contributed by atoms with Crippen LogP contribution in [-0.2, 0) is 19.5 Å². The van der Waals surface area contributed by atoms with Gasteiger partial charge in [-0.1, -0.05) is 48.5 Å². The Bertz CT molecular complexity index is 1560. The van der Waals surface area contributed by atoms with Crippen LogP contribution in [-0.4, -0.2) is 26.4 Å². The van der Waals surface area contributed by atoms with Gasteiger partial charge in [0.25, 0.3) is 5.56 Å². The van der Waals surface area contributed by atoms with E-state index in [0.29, 0.717) is 27.7 Å². The van der Waals surface area contributed by atoms with Gasteiger partial charge >= 0.3 is 5.69 Å². The van der Waals surface area contributed by atoms with Gasteiger partial charge in [-0.3, -0.25) is 13.9 Å². The van der Waals surface area contributed by atoms with Gasteiger partial charge in [0.2, 0.25) is 11.7 Å². The molecule has 0 unspecified atom stereocenters. The van der Waals surface area contributed by atoms with Crippen LogP contribution in [0, 0.1) is 0 Å². The second kappa shape index (κ2) is 9.11. The van der Waals surface area contributed by atoms with Crippen LogP contribution in [0.5, 0.6) is 5.75 Å². The Balaban J connectivity index is 1.51. The van der Waals surface area contributed by atoms with E-state index in [2.05, 4.69) is 17.1 Å². The maximum Gasteiger partial charge on any atom is 0.332 e. The quantitative estimate of drug-likeness (QED) is 0.355. The fourth-order valence-corrected chi connectivity index (χ4v) is 4.64. The van der Waals surface area contributed by atoms with Crippen molar-refractivity contribution in [1.82, 2.24) is 19.3 Å². The first kappa shape index (κ1) is 21.8. The highest BCUT2D eigenvalue weighted by atomic mass is 32.1. The summed E-state index contributed by atoms with van der Waals surface area (Å²) in [5, 5.41) is 5.88. The molecule has 0 aliphatic rings. The number of aromatic nitrogens is 4. The summed E-state index contributed by atoms with van der Waals surface area (Å²) in [4.78, 5) is 30.9. The van der Waals surface area contributed by atoms with Gasteiger partial charge in [-0.15, -0.1) is 11.3 Å². The van der Waals surface area contributed by atoms with Gasteiger partial charge in [0.05, 0.1) is 19.2 Å². The summed E-state index contributed by atoms with van der Waals surface area (Å²) in [6.45, 7) is 2.31. The van der Waals surface area contributed by atoms with E-state index < -0.39 is 5.69 Å². The second-order valence-electron chi connectivity index (χ2n) is 7.81. The molecule has 0 aliphatic heterocycles. The molecule has 2 aromatic carbocycles. The molecule has 0 N–H and O–H groups in total. The number of nitrogens with zero attached hydrogens (tertiary/aromatic N) is 4. The Morgan fingerprint density at radius 2 is 1.68 bits per heavy atom. The van der Waals surface area contributed by atoms with Gasteiger partial charge in [0.1, 0.15) is 17.0 Å². The predicted molar refractivity (Wildman–Crippen MR) is 131 cm³/mol. The number of methoxy groups -OCH3 is 1. The zero-order valence-electron chi connectivity index (χ0n) is 18.7. The van der Waals surface area contributed by atoms with Crippen LogP contribution < -0.4 is 16.0 Å². The first-order chi connectivity index (χ1) is 16.6. The van der Waals surface area contributed by atoms with Crippen LogP contribution >= 0.6 is 11.3 Å². The van der Waals surface area contributed by atoms with E-state index in [1.807, 2.05) is 36.4 Å². The van der Waals surface area contributed by atoms with Gasteiger partial charge in [-0.05, 0) is 41.1 Å². The number of thiophene rings is 1. The lowest BCUT2D eigenvalue weighted by molar-refractivity contribution is 0.369. The minimum atomic E-state index is -0.432. The van der Waals surface area contributed by atoms with Crippen LogP contribution in [0.1, 0.15) is 23.9 Å². The number of hydrogen-bond donors (Lipinski definition) is 0. The van der Waals surface area contributed by atoms with Crippen molar-refractivity contribution >= 4 is 21.6 Å². The van der Waals surface area contributed by atoms with Crippen molar-refractivity contribution < 1.29 is 9.26 Å². The first-order valence-electron chi connectivity index (χ1n) is 10.8. The molecule has 0 radical (unpaired) electrons. The fourth-order valence-electron chi connectivity index (χ4n) is 3.80. The first-order valence-corrected chi connectivity index (χ1v) is 11.7. The van der Waals surface area contributed by atoms with Gasteiger partial charge in [0, 0.05) is 5.56 Å². The highest BCUT2D eigenvalue weighted by Gasteiger charge is 2.17. The average molecular weight is 475 g/mol. The summed E-state index contributed by atoms with van der Waals surface area (Å²) in [6.07, 6.45) is 0.948. The minimum Gasteiger partial charge on any atom is -0.497 e. The van der Waals surface area contributed by atoms with E-state index in [1.165, 1.54) is 26.0 Å². The smallest absolute Gasteiger partial charge is 0.332 e. The number of hydrogen-bond acceptors (Lipinski definition) is 7. The van der Waals surface area contributed by atoms with Crippen LogP contribution in [0.4, 0.5) is 0 Å². The maximum atomic E-state index is 13.4. The van der Waals surface area contributed by atoms with E-state index in [-0.39, 0.29) is 18.6 Å². The number of rotatable bonds is 7. The van der Waals surface area contributed by atoms with Crippen molar-refractivity contribution in [1.29, 1.82) is 0 Å². The molecule has 0 spiro atoms. The molecule has 3 heterocycles. The Morgan fingerprint density at radius 1 is 0.941 bits per heavy atom. The highest BCUT2D eigenvalue weighted by molar-refractivity contribution is 7.17. The zero-order chi connectivity index (χ0) is 23.7. The SMILES string of the molecule is CCc1ccc(-c2noc(Cn3c(=O)n(Cc4ccc(OC)cc4)c(=O)c4sccc43)n2)cc1. The minimum absolute atomic E-state index is 0.0645. The fraction of sp³-hybridized carbons (Fsp3) is 0.200. The van der Waals surface area contributed by atoms with Crippen LogP contribution in [0.2, 0.25) is 0 Å². The van der Waals surface area contributed by atoms with Gasteiger partial charge in [0.15, 0.2) is 0 Å². The number of fused-ring (bicyclic) bond motifs is 1. The third-order valence-corrected chi connectivity index (χ3v) is 6.61. The number of ether oxygens (including phenoxy) is 1. The molecule has 0 fully saturated rings. The van der Waals surface area contributed by atoms with E-state index in [1.54, 1.807) is 30.7 Å². The summed E-state index contributed by atoms with van der Waals surface area (Å²) in [5.74, 6) is 1.45. The predicted octanol–water partition coefficient (Wildman–Crippen LogP) is 3.94. The molecule has 0 aliphatic carbocycles. The standard InChI is InChI=1S/C25H22N4O4S/c1-3-16-4-8-18(9-5-16)23-26-21(33-27-23)15-28-20-12-13-34-22(20)24(30)29(25(28)31)14-17-6-10-19(32-2)11-7-17/h4-13H,3,14-15H2,1-2H3. The van der Waals surface area contributed by atoms with Crippen LogP contribution in [0.3, 0.4) is 0 Å². The molecule has 0 saturated heterocycles. The van der Waals surface area contributed by atoms with Gasteiger partial charge in [-0.25, -0.2) is 4.79 Å². The van der Waals surface area contributed by atoms with E-state index in [4.69, 9.17) is 9.26 Å². The average Bonchev–Trinajstić information content (AvgIpc) is 3.55. The van der Waals surface area contributed by atoms with E-state index in [0.717, 1.165) is 17.5 Å². The molecule has 8 nitrogen and oxygen atoms in total. The lowest BCUT2D eigenvalue weighted by Gasteiger charge is -2.11. The molecular formula is C25H22N4O4S. The highest BCUT2D eigenvalue weighted by Crippen LogP contribution is 2.20. The molecule has 9 heteroatoms. The van der Waals surface area contributed by atoms with Crippen molar-refractivity contribution in [2.75, 3.05) is 7.11 Å². The van der Waals surface area contributed by atoms with E-state index in [9.17, 15) is 9.59 Å². The maximum absolute atomic E-state index is 13.4. The second-order valence-corrected chi connectivity index (χ2v) is 8.72. The van der Waals surface area contributed by atoms with Gasteiger partial charge in [-0.2, -0.15) is 4.98 Å². The van der Waals surface area contributed by atoms with Crippen molar-refractivity contribution in [3.8, 4) is 17.1 Å². The Labute approximate surface area is 198 Å². The summed E-state index contributed by atoms with van der Waals surface area (Å²) in [5.41, 5.74) is 2.68. The summed E-state index contributed by atoms with van der Waals surface area (Å²) < 4.78 is 13.9. The zero-order valence-corrected chi connectivity index (χ0v) is 19.5. The lowest BCUT2D eigenvalue weighted by Crippen LogP contribution is -2.40. The van der Waals surface area contributed by atoms with Crippen molar-refractivity contribution in [2.45, 2.75) is 26.4 Å². The molecule has 34 heavy (non-hydrogen) atoms. The Morgan fingerprint density at radius 3 is 2.38 bits per heavy atom. The Hall–Kier alpha value is -3.98. The third-order valence-electron chi connectivity index (χ3n) is 5.72. The molecule has 5 rings (SSSR count). The normalized spacial score (nSPS) is 11.2. The Kier molecular flexibility index (Phi) is 5.85. The molecule has 0 amide bonds.